The van der Waals surface area contributed by atoms with Gasteiger partial charge in [-0.05, 0) is 42.3 Å². The Balaban J connectivity index is 1.64. The molecule has 3 rings (SSSR count). The van der Waals surface area contributed by atoms with Gasteiger partial charge < -0.3 is 5.32 Å². The van der Waals surface area contributed by atoms with Crippen LogP contribution in [0, 0.1) is 0 Å². The maximum Gasteiger partial charge on any atom is 0.237 e. The molecule has 0 saturated carbocycles. The summed E-state index contributed by atoms with van der Waals surface area (Å²) in [5.74, 6) is 0.135. The Hall–Kier alpha value is -1.65. The predicted octanol–water partition coefficient (Wildman–Crippen LogP) is 4.15. The first-order valence-corrected chi connectivity index (χ1v) is 9.71. The number of nitrogens with zero attached hydrogens (tertiary/aromatic N) is 1. The predicted molar refractivity (Wildman–Crippen MR) is 100 cm³/mol. The quantitative estimate of drug-likeness (QED) is 0.855. The lowest BCUT2D eigenvalue weighted by atomic mass is 10.0. The maximum absolute atomic E-state index is 12.8. The fourth-order valence-electron chi connectivity index (χ4n) is 3.36. The Labute approximate surface area is 148 Å². The SMILES string of the molecule is CCCC(NC(=O)C(C)N1CCc2sccc2C1)c1ccccc1. The highest BCUT2D eigenvalue weighted by molar-refractivity contribution is 7.10. The molecule has 3 nitrogen and oxygen atoms in total. The second kappa shape index (κ2) is 7.95. The molecule has 4 heteroatoms. The lowest BCUT2D eigenvalue weighted by molar-refractivity contribution is -0.127. The van der Waals surface area contributed by atoms with Gasteiger partial charge in [0.25, 0.3) is 0 Å². The van der Waals surface area contributed by atoms with Gasteiger partial charge in [-0.2, -0.15) is 0 Å². The molecule has 1 aromatic carbocycles. The Bertz CT molecular complexity index is 667. The highest BCUT2D eigenvalue weighted by Crippen LogP contribution is 2.25. The van der Waals surface area contributed by atoms with E-state index in [1.54, 1.807) is 0 Å². The second-order valence-electron chi connectivity index (χ2n) is 6.53. The summed E-state index contributed by atoms with van der Waals surface area (Å²) in [7, 11) is 0. The summed E-state index contributed by atoms with van der Waals surface area (Å²) in [5.41, 5.74) is 2.58. The van der Waals surface area contributed by atoms with Gasteiger partial charge in [-0.25, -0.2) is 0 Å². The molecule has 0 bridgehead atoms. The van der Waals surface area contributed by atoms with E-state index in [2.05, 4.69) is 40.7 Å². The first-order valence-electron chi connectivity index (χ1n) is 8.83. The zero-order valence-corrected chi connectivity index (χ0v) is 15.3. The molecule has 1 N–H and O–H groups in total. The molecule has 0 saturated heterocycles. The third-order valence-corrected chi connectivity index (χ3v) is 5.88. The molecule has 2 atom stereocenters. The Morgan fingerprint density at radius 3 is 2.83 bits per heavy atom. The molecule has 1 amide bonds. The number of hydrogen-bond acceptors (Lipinski definition) is 3. The van der Waals surface area contributed by atoms with Crippen LogP contribution in [-0.2, 0) is 17.8 Å². The van der Waals surface area contributed by atoms with E-state index in [9.17, 15) is 4.79 Å². The molecule has 128 valence electrons. The average Bonchev–Trinajstić information content (AvgIpc) is 3.09. The second-order valence-corrected chi connectivity index (χ2v) is 7.53. The summed E-state index contributed by atoms with van der Waals surface area (Å²) in [6, 6.07) is 12.5. The number of nitrogens with one attached hydrogen (secondary N) is 1. The number of amides is 1. The van der Waals surface area contributed by atoms with Crippen molar-refractivity contribution in [2.24, 2.45) is 0 Å². The van der Waals surface area contributed by atoms with E-state index in [0.29, 0.717) is 0 Å². The summed E-state index contributed by atoms with van der Waals surface area (Å²) in [6.45, 7) is 6.04. The molecule has 0 radical (unpaired) electrons. The van der Waals surface area contributed by atoms with Crippen molar-refractivity contribution in [1.29, 1.82) is 0 Å². The monoisotopic (exact) mass is 342 g/mol. The summed E-state index contributed by atoms with van der Waals surface area (Å²) in [5, 5.41) is 5.43. The van der Waals surface area contributed by atoms with Gasteiger partial charge in [0.2, 0.25) is 5.91 Å². The Morgan fingerprint density at radius 1 is 1.29 bits per heavy atom. The van der Waals surface area contributed by atoms with E-state index in [1.165, 1.54) is 16.0 Å². The number of fused-ring (bicyclic) bond motifs is 1. The van der Waals surface area contributed by atoms with Crippen LogP contribution in [0.3, 0.4) is 0 Å². The van der Waals surface area contributed by atoms with Gasteiger partial charge in [0, 0.05) is 18.0 Å². The van der Waals surface area contributed by atoms with E-state index in [1.807, 2.05) is 36.5 Å². The van der Waals surface area contributed by atoms with E-state index < -0.39 is 0 Å². The molecular weight excluding hydrogens is 316 g/mol. The average molecular weight is 343 g/mol. The summed E-state index contributed by atoms with van der Waals surface area (Å²) in [4.78, 5) is 16.6. The molecule has 2 unspecified atom stereocenters. The fraction of sp³-hybridized carbons (Fsp3) is 0.450. The molecule has 24 heavy (non-hydrogen) atoms. The number of rotatable bonds is 6. The molecule has 1 aliphatic rings. The number of hydrogen-bond donors (Lipinski definition) is 1. The minimum atomic E-state index is -0.0962. The third-order valence-electron chi connectivity index (χ3n) is 4.86. The smallest absolute Gasteiger partial charge is 0.237 e. The Morgan fingerprint density at radius 2 is 2.08 bits per heavy atom. The maximum atomic E-state index is 12.8. The van der Waals surface area contributed by atoms with E-state index in [0.717, 1.165) is 32.4 Å². The van der Waals surface area contributed by atoms with Crippen LogP contribution in [0.2, 0.25) is 0 Å². The zero-order valence-electron chi connectivity index (χ0n) is 14.5. The first kappa shape index (κ1) is 17.2. The minimum absolute atomic E-state index is 0.0962. The molecule has 0 fully saturated rings. The van der Waals surface area contributed by atoms with Crippen molar-refractivity contribution in [3.05, 3.63) is 57.8 Å². The van der Waals surface area contributed by atoms with Crippen molar-refractivity contribution in [1.82, 2.24) is 10.2 Å². The molecule has 2 heterocycles. The summed E-state index contributed by atoms with van der Waals surface area (Å²) < 4.78 is 0. The van der Waals surface area contributed by atoms with Crippen LogP contribution in [0.25, 0.3) is 0 Å². The Kier molecular flexibility index (Phi) is 5.69. The van der Waals surface area contributed by atoms with Crippen LogP contribution in [0.4, 0.5) is 0 Å². The largest absolute Gasteiger partial charge is 0.348 e. The number of benzene rings is 1. The minimum Gasteiger partial charge on any atom is -0.348 e. The van der Waals surface area contributed by atoms with E-state index >= 15 is 0 Å². The number of carbonyl (C=O) groups is 1. The highest BCUT2D eigenvalue weighted by Gasteiger charge is 2.27. The summed E-state index contributed by atoms with van der Waals surface area (Å²) >= 11 is 1.83. The van der Waals surface area contributed by atoms with Crippen molar-refractivity contribution < 1.29 is 4.79 Å². The van der Waals surface area contributed by atoms with Crippen LogP contribution in [0.15, 0.2) is 41.8 Å². The molecule has 1 aliphatic heterocycles. The highest BCUT2D eigenvalue weighted by atomic mass is 32.1. The lowest BCUT2D eigenvalue weighted by Gasteiger charge is -2.32. The third kappa shape index (κ3) is 3.87. The van der Waals surface area contributed by atoms with Crippen molar-refractivity contribution in [3.8, 4) is 0 Å². The molecular formula is C20H26N2OS. The van der Waals surface area contributed by atoms with Gasteiger partial charge >= 0.3 is 0 Å². The van der Waals surface area contributed by atoms with Gasteiger partial charge in [0.1, 0.15) is 0 Å². The van der Waals surface area contributed by atoms with Gasteiger partial charge in [0.15, 0.2) is 0 Å². The van der Waals surface area contributed by atoms with Crippen LogP contribution < -0.4 is 5.32 Å². The van der Waals surface area contributed by atoms with Gasteiger partial charge in [0.05, 0.1) is 12.1 Å². The van der Waals surface area contributed by atoms with E-state index in [-0.39, 0.29) is 18.0 Å². The standard InChI is InChI=1S/C20H26N2OS/c1-3-7-18(16-8-5-4-6-9-16)21-20(23)15(2)22-12-10-19-17(14-22)11-13-24-19/h4-6,8-9,11,13,15,18H,3,7,10,12,14H2,1-2H3,(H,21,23). The van der Waals surface area contributed by atoms with Crippen molar-refractivity contribution in [2.45, 2.75) is 51.7 Å². The van der Waals surface area contributed by atoms with Crippen molar-refractivity contribution in [2.75, 3.05) is 6.54 Å². The van der Waals surface area contributed by atoms with Crippen LogP contribution in [0.5, 0.6) is 0 Å². The van der Waals surface area contributed by atoms with Gasteiger partial charge in [-0.1, -0.05) is 43.7 Å². The van der Waals surface area contributed by atoms with Crippen LogP contribution >= 0.6 is 11.3 Å². The van der Waals surface area contributed by atoms with Crippen LogP contribution in [0.1, 0.15) is 48.7 Å². The van der Waals surface area contributed by atoms with Gasteiger partial charge in [-0.15, -0.1) is 11.3 Å². The molecule has 0 spiro atoms. The van der Waals surface area contributed by atoms with Crippen molar-refractivity contribution >= 4 is 17.2 Å². The zero-order chi connectivity index (χ0) is 16.9. The summed E-state index contributed by atoms with van der Waals surface area (Å²) in [6.07, 6.45) is 3.08. The van der Waals surface area contributed by atoms with E-state index in [4.69, 9.17) is 0 Å². The number of carbonyl (C=O) groups excluding carboxylic acids is 1. The lowest BCUT2D eigenvalue weighted by Crippen LogP contribution is -2.47. The molecule has 1 aromatic heterocycles. The normalized spacial score (nSPS) is 17.1. The molecule has 0 aliphatic carbocycles. The van der Waals surface area contributed by atoms with Gasteiger partial charge in [-0.3, -0.25) is 9.69 Å². The number of thiophene rings is 1. The topological polar surface area (TPSA) is 32.3 Å². The molecule has 2 aromatic rings. The van der Waals surface area contributed by atoms with Crippen LogP contribution in [-0.4, -0.2) is 23.4 Å². The fourth-order valence-corrected chi connectivity index (χ4v) is 4.24. The first-order chi connectivity index (χ1) is 11.7. The van der Waals surface area contributed by atoms with Crippen molar-refractivity contribution in [3.63, 3.8) is 0 Å².